The summed E-state index contributed by atoms with van der Waals surface area (Å²) in [6.45, 7) is 1.85. The molecule has 0 aliphatic rings. The summed E-state index contributed by atoms with van der Waals surface area (Å²) in [6.07, 6.45) is 3.44. The Hall–Kier alpha value is -1.49. The van der Waals surface area contributed by atoms with Crippen molar-refractivity contribution in [2.24, 2.45) is 0 Å². The third-order valence-electron chi connectivity index (χ3n) is 1.76. The molecule has 15 heavy (non-hydrogen) atoms. The zero-order valence-electron chi connectivity index (χ0n) is 8.11. The maximum absolute atomic E-state index is 4.22. The SMILES string of the molecule is Cc1nccc(Nc2ccc(Br)cn2)n1. The van der Waals surface area contributed by atoms with Crippen molar-refractivity contribution in [3.8, 4) is 0 Å². The summed E-state index contributed by atoms with van der Waals surface area (Å²) in [5, 5.41) is 3.09. The van der Waals surface area contributed by atoms with Gasteiger partial charge in [-0.2, -0.15) is 0 Å². The van der Waals surface area contributed by atoms with Crippen molar-refractivity contribution in [1.82, 2.24) is 15.0 Å². The van der Waals surface area contributed by atoms with Crippen LogP contribution in [0.4, 0.5) is 11.6 Å². The lowest BCUT2D eigenvalue weighted by Crippen LogP contribution is -1.97. The van der Waals surface area contributed by atoms with Crippen molar-refractivity contribution in [2.45, 2.75) is 6.92 Å². The van der Waals surface area contributed by atoms with Crippen LogP contribution in [-0.4, -0.2) is 15.0 Å². The molecule has 2 heterocycles. The number of nitrogens with one attached hydrogen (secondary N) is 1. The van der Waals surface area contributed by atoms with Gasteiger partial charge >= 0.3 is 0 Å². The Balaban J connectivity index is 2.18. The molecule has 2 aromatic rings. The van der Waals surface area contributed by atoms with Gasteiger partial charge in [0.15, 0.2) is 0 Å². The lowest BCUT2D eigenvalue weighted by Gasteiger charge is -2.04. The molecule has 1 N–H and O–H groups in total. The maximum atomic E-state index is 4.22. The van der Waals surface area contributed by atoms with Gasteiger partial charge in [0, 0.05) is 16.9 Å². The van der Waals surface area contributed by atoms with E-state index < -0.39 is 0 Å². The van der Waals surface area contributed by atoms with Gasteiger partial charge in [-0.25, -0.2) is 15.0 Å². The smallest absolute Gasteiger partial charge is 0.135 e. The van der Waals surface area contributed by atoms with E-state index >= 15 is 0 Å². The molecular weight excluding hydrogens is 256 g/mol. The molecule has 0 aromatic carbocycles. The molecule has 0 aliphatic carbocycles. The van der Waals surface area contributed by atoms with Crippen LogP contribution in [0.2, 0.25) is 0 Å². The van der Waals surface area contributed by atoms with E-state index in [9.17, 15) is 0 Å². The second-order valence-corrected chi connectivity index (χ2v) is 3.89. The van der Waals surface area contributed by atoms with Gasteiger partial charge in [-0.05, 0) is 41.1 Å². The van der Waals surface area contributed by atoms with Crippen LogP contribution in [0.15, 0.2) is 35.1 Å². The summed E-state index contributed by atoms with van der Waals surface area (Å²) in [5.41, 5.74) is 0. The predicted octanol–water partition coefficient (Wildman–Crippen LogP) is 2.69. The highest BCUT2D eigenvalue weighted by Crippen LogP contribution is 2.14. The monoisotopic (exact) mass is 264 g/mol. The van der Waals surface area contributed by atoms with Crippen LogP contribution in [0.5, 0.6) is 0 Å². The van der Waals surface area contributed by atoms with Gasteiger partial charge in [0.1, 0.15) is 17.5 Å². The van der Waals surface area contributed by atoms with Gasteiger partial charge in [-0.1, -0.05) is 0 Å². The van der Waals surface area contributed by atoms with Crippen molar-refractivity contribution in [3.05, 3.63) is 40.9 Å². The Bertz CT molecular complexity index is 455. The van der Waals surface area contributed by atoms with Crippen LogP contribution in [0.3, 0.4) is 0 Å². The van der Waals surface area contributed by atoms with E-state index in [0.29, 0.717) is 0 Å². The summed E-state index contributed by atoms with van der Waals surface area (Å²) >= 11 is 3.33. The Morgan fingerprint density at radius 3 is 2.67 bits per heavy atom. The minimum Gasteiger partial charge on any atom is -0.325 e. The average molecular weight is 265 g/mol. The molecule has 0 aliphatic heterocycles. The first-order valence-corrected chi connectivity index (χ1v) is 5.21. The quantitative estimate of drug-likeness (QED) is 0.906. The molecule has 0 spiro atoms. The van der Waals surface area contributed by atoms with Crippen LogP contribution in [-0.2, 0) is 0 Å². The lowest BCUT2D eigenvalue weighted by atomic mass is 10.4. The number of rotatable bonds is 2. The van der Waals surface area contributed by atoms with Crippen LogP contribution in [0, 0.1) is 6.92 Å². The summed E-state index contributed by atoms with van der Waals surface area (Å²) < 4.78 is 0.951. The number of anilines is 2. The van der Waals surface area contributed by atoms with E-state index in [1.807, 2.05) is 19.1 Å². The highest BCUT2D eigenvalue weighted by Gasteiger charge is 1.97. The molecule has 0 amide bonds. The number of hydrogen-bond acceptors (Lipinski definition) is 4. The van der Waals surface area contributed by atoms with E-state index in [4.69, 9.17) is 0 Å². The fourth-order valence-electron chi connectivity index (χ4n) is 1.11. The number of halogens is 1. The zero-order chi connectivity index (χ0) is 10.7. The summed E-state index contributed by atoms with van der Waals surface area (Å²) in [5.74, 6) is 2.24. The molecule has 0 saturated heterocycles. The van der Waals surface area contributed by atoms with E-state index in [2.05, 4.69) is 36.2 Å². The summed E-state index contributed by atoms with van der Waals surface area (Å²) in [6, 6.07) is 5.60. The van der Waals surface area contributed by atoms with Crippen molar-refractivity contribution < 1.29 is 0 Å². The molecule has 0 bridgehead atoms. The standard InChI is InChI=1S/C10H9BrN4/c1-7-12-5-4-10(14-7)15-9-3-2-8(11)6-13-9/h2-6H,1H3,(H,12,13,14,15). The summed E-state index contributed by atoms with van der Waals surface area (Å²) in [4.78, 5) is 12.4. The number of aryl methyl sites for hydroxylation is 1. The molecule has 0 saturated carbocycles. The first kappa shape index (κ1) is 10.0. The lowest BCUT2D eigenvalue weighted by molar-refractivity contribution is 1.05. The molecule has 2 aromatic heterocycles. The molecule has 76 valence electrons. The molecule has 0 atom stereocenters. The molecule has 0 fully saturated rings. The molecule has 0 unspecified atom stereocenters. The van der Waals surface area contributed by atoms with Gasteiger partial charge < -0.3 is 5.32 Å². The van der Waals surface area contributed by atoms with Crippen molar-refractivity contribution in [1.29, 1.82) is 0 Å². The molecule has 4 nitrogen and oxygen atoms in total. The average Bonchev–Trinajstić information content (AvgIpc) is 2.22. The van der Waals surface area contributed by atoms with Gasteiger partial charge in [0.05, 0.1) is 0 Å². The van der Waals surface area contributed by atoms with Crippen molar-refractivity contribution in [2.75, 3.05) is 5.32 Å². The second-order valence-electron chi connectivity index (χ2n) is 2.98. The van der Waals surface area contributed by atoms with Gasteiger partial charge in [-0.3, -0.25) is 0 Å². The molecule has 2 rings (SSSR count). The van der Waals surface area contributed by atoms with Gasteiger partial charge in [0.25, 0.3) is 0 Å². The Morgan fingerprint density at radius 1 is 1.13 bits per heavy atom. The molecule has 0 radical (unpaired) electrons. The number of hydrogen-bond donors (Lipinski definition) is 1. The summed E-state index contributed by atoms with van der Waals surface area (Å²) in [7, 11) is 0. The van der Waals surface area contributed by atoms with Crippen molar-refractivity contribution in [3.63, 3.8) is 0 Å². The Kier molecular flexibility index (Phi) is 2.91. The van der Waals surface area contributed by atoms with Crippen LogP contribution >= 0.6 is 15.9 Å². The number of aromatic nitrogens is 3. The Labute approximate surface area is 95.9 Å². The maximum Gasteiger partial charge on any atom is 0.135 e. The highest BCUT2D eigenvalue weighted by molar-refractivity contribution is 9.10. The Morgan fingerprint density at radius 2 is 2.00 bits per heavy atom. The van der Waals surface area contributed by atoms with E-state index in [1.54, 1.807) is 18.5 Å². The number of nitrogens with zero attached hydrogens (tertiary/aromatic N) is 3. The highest BCUT2D eigenvalue weighted by atomic mass is 79.9. The van der Waals surface area contributed by atoms with E-state index in [1.165, 1.54) is 0 Å². The predicted molar refractivity (Wildman–Crippen MR) is 62.0 cm³/mol. The van der Waals surface area contributed by atoms with Crippen LogP contribution < -0.4 is 5.32 Å². The normalized spacial score (nSPS) is 10.0. The van der Waals surface area contributed by atoms with Crippen LogP contribution in [0.25, 0.3) is 0 Å². The molecular formula is C10H9BrN4. The van der Waals surface area contributed by atoms with E-state index in [0.717, 1.165) is 21.9 Å². The van der Waals surface area contributed by atoms with Crippen molar-refractivity contribution >= 4 is 27.6 Å². The topological polar surface area (TPSA) is 50.7 Å². The minimum absolute atomic E-state index is 0.733. The van der Waals surface area contributed by atoms with E-state index in [-0.39, 0.29) is 0 Å². The second kappa shape index (κ2) is 4.35. The largest absolute Gasteiger partial charge is 0.325 e. The number of pyridine rings is 1. The fraction of sp³-hybridized carbons (Fsp3) is 0.100. The first-order chi connectivity index (χ1) is 7.24. The molecule has 5 heteroatoms. The van der Waals surface area contributed by atoms with Crippen LogP contribution in [0.1, 0.15) is 5.82 Å². The van der Waals surface area contributed by atoms with Gasteiger partial charge in [-0.15, -0.1) is 0 Å². The minimum atomic E-state index is 0.733. The third-order valence-corrected chi connectivity index (χ3v) is 2.23. The van der Waals surface area contributed by atoms with Gasteiger partial charge in [0.2, 0.25) is 0 Å². The third kappa shape index (κ3) is 2.73. The zero-order valence-corrected chi connectivity index (χ0v) is 9.69. The first-order valence-electron chi connectivity index (χ1n) is 4.42. The fourth-order valence-corrected chi connectivity index (χ4v) is 1.34.